The third-order valence-corrected chi connectivity index (χ3v) is 4.97. The Bertz CT molecular complexity index is 760. The van der Waals surface area contributed by atoms with Crippen LogP contribution in [-0.2, 0) is 13.1 Å². The van der Waals surface area contributed by atoms with E-state index < -0.39 is 5.97 Å². The molecule has 0 spiro atoms. The number of nitrogens with one attached hydrogen (secondary N) is 1. The van der Waals surface area contributed by atoms with Gasteiger partial charge in [-0.2, -0.15) is 0 Å². The fourth-order valence-electron chi connectivity index (χ4n) is 3.34. The maximum absolute atomic E-state index is 11.8. The summed E-state index contributed by atoms with van der Waals surface area (Å²) in [6.45, 7) is 12.5. The maximum atomic E-state index is 11.8. The summed E-state index contributed by atoms with van der Waals surface area (Å²) in [4.78, 5) is 11.8. The molecule has 0 atom stereocenters. The topological polar surface area (TPSA) is 54.3 Å². The Morgan fingerprint density at radius 3 is 2.52 bits per heavy atom. The molecule has 1 heterocycles. The summed E-state index contributed by atoms with van der Waals surface area (Å²) in [6, 6.07) is 6.43. The number of aromatic carboxylic acids is 1. The molecule has 25 heavy (non-hydrogen) atoms. The van der Waals surface area contributed by atoms with E-state index in [9.17, 15) is 9.90 Å². The molecule has 0 unspecified atom stereocenters. The number of carboxylic acids is 1. The highest BCUT2D eigenvalue weighted by atomic mass is 16.4. The first-order chi connectivity index (χ1) is 11.9. The zero-order valence-electron chi connectivity index (χ0n) is 16.1. The van der Waals surface area contributed by atoms with E-state index in [1.54, 1.807) is 0 Å². The standard InChI is InChI=1S/C21H30N2O2/c1-6-7-10-22-12-19-16(4)23(17(5)20(19)21(24)25)13-18-11-14(2)8-9-15(18)3/h8-9,11,22H,6-7,10,12-13H2,1-5H3,(H,24,25). The molecule has 136 valence electrons. The fourth-order valence-corrected chi connectivity index (χ4v) is 3.34. The minimum atomic E-state index is -0.840. The Morgan fingerprint density at radius 2 is 1.88 bits per heavy atom. The number of aryl methyl sites for hydroxylation is 2. The van der Waals surface area contributed by atoms with Crippen LogP contribution in [0.3, 0.4) is 0 Å². The van der Waals surface area contributed by atoms with E-state index in [-0.39, 0.29) is 0 Å². The Hall–Kier alpha value is -2.07. The Kier molecular flexibility index (Phi) is 6.43. The first-order valence-corrected chi connectivity index (χ1v) is 9.05. The maximum Gasteiger partial charge on any atom is 0.337 e. The largest absolute Gasteiger partial charge is 0.478 e. The third kappa shape index (κ3) is 4.31. The van der Waals surface area contributed by atoms with Gasteiger partial charge in [0.25, 0.3) is 0 Å². The molecule has 0 aliphatic heterocycles. The van der Waals surface area contributed by atoms with Crippen LogP contribution in [0.5, 0.6) is 0 Å². The SMILES string of the molecule is CCCCNCc1c(C(=O)O)c(C)n(Cc2cc(C)ccc2C)c1C. The van der Waals surface area contributed by atoms with E-state index in [2.05, 4.69) is 48.9 Å². The molecule has 0 amide bonds. The van der Waals surface area contributed by atoms with Gasteiger partial charge in [0.1, 0.15) is 0 Å². The summed E-state index contributed by atoms with van der Waals surface area (Å²) < 4.78 is 2.14. The lowest BCUT2D eigenvalue weighted by Crippen LogP contribution is -2.17. The van der Waals surface area contributed by atoms with Crippen molar-refractivity contribution >= 4 is 5.97 Å². The molecular formula is C21H30N2O2. The molecule has 4 heteroatoms. The Labute approximate surface area is 150 Å². The van der Waals surface area contributed by atoms with Crippen molar-refractivity contribution in [3.63, 3.8) is 0 Å². The van der Waals surface area contributed by atoms with Crippen molar-refractivity contribution in [3.05, 3.63) is 57.4 Å². The summed E-state index contributed by atoms with van der Waals surface area (Å²) in [5.74, 6) is -0.840. The number of hydrogen-bond donors (Lipinski definition) is 2. The summed E-state index contributed by atoms with van der Waals surface area (Å²) in [5.41, 5.74) is 6.93. The van der Waals surface area contributed by atoms with E-state index in [1.165, 1.54) is 16.7 Å². The normalized spacial score (nSPS) is 11.1. The van der Waals surface area contributed by atoms with E-state index in [0.717, 1.165) is 36.3 Å². The number of aromatic nitrogens is 1. The van der Waals surface area contributed by atoms with Gasteiger partial charge in [-0.3, -0.25) is 0 Å². The van der Waals surface area contributed by atoms with Gasteiger partial charge in [-0.15, -0.1) is 0 Å². The molecular weight excluding hydrogens is 312 g/mol. The van der Waals surface area contributed by atoms with Gasteiger partial charge in [0, 0.05) is 30.0 Å². The second-order valence-electron chi connectivity index (χ2n) is 6.88. The van der Waals surface area contributed by atoms with E-state index in [4.69, 9.17) is 0 Å². The second kappa shape index (κ2) is 8.34. The average Bonchev–Trinajstić information content (AvgIpc) is 2.79. The number of hydrogen-bond acceptors (Lipinski definition) is 2. The molecule has 2 aromatic rings. The number of benzene rings is 1. The number of rotatable bonds is 8. The first-order valence-electron chi connectivity index (χ1n) is 9.05. The zero-order valence-corrected chi connectivity index (χ0v) is 16.1. The van der Waals surface area contributed by atoms with Crippen LogP contribution in [0.1, 0.15) is 63.8 Å². The molecule has 0 saturated heterocycles. The van der Waals surface area contributed by atoms with Crippen molar-refractivity contribution in [2.45, 2.75) is 60.5 Å². The summed E-state index contributed by atoms with van der Waals surface area (Å²) in [7, 11) is 0. The van der Waals surface area contributed by atoms with Crippen molar-refractivity contribution in [1.82, 2.24) is 9.88 Å². The van der Waals surface area contributed by atoms with Crippen molar-refractivity contribution < 1.29 is 9.90 Å². The molecule has 4 nitrogen and oxygen atoms in total. The first kappa shape index (κ1) is 19.3. The van der Waals surface area contributed by atoms with Crippen LogP contribution in [0.25, 0.3) is 0 Å². The third-order valence-electron chi connectivity index (χ3n) is 4.97. The van der Waals surface area contributed by atoms with Gasteiger partial charge >= 0.3 is 5.97 Å². The highest BCUT2D eigenvalue weighted by Crippen LogP contribution is 2.25. The van der Waals surface area contributed by atoms with Gasteiger partial charge in [0.15, 0.2) is 0 Å². The van der Waals surface area contributed by atoms with Crippen molar-refractivity contribution in [1.29, 1.82) is 0 Å². The minimum Gasteiger partial charge on any atom is -0.478 e. The molecule has 2 N–H and O–H groups in total. The molecule has 0 bridgehead atoms. The predicted octanol–water partition coefficient (Wildman–Crippen LogP) is 4.36. The van der Waals surface area contributed by atoms with Gasteiger partial charge in [-0.05, 0) is 51.8 Å². The summed E-state index contributed by atoms with van der Waals surface area (Å²) in [6.07, 6.45) is 2.23. The van der Waals surface area contributed by atoms with E-state index >= 15 is 0 Å². The molecule has 2 rings (SSSR count). The summed E-state index contributed by atoms with van der Waals surface area (Å²) in [5, 5.41) is 13.1. The van der Waals surface area contributed by atoms with Crippen LogP contribution in [0, 0.1) is 27.7 Å². The van der Waals surface area contributed by atoms with E-state index in [1.807, 2.05) is 13.8 Å². The van der Waals surface area contributed by atoms with Gasteiger partial charge in [-0.25, -0.2) is 4.79 Å². The van der Waals surface area contributed by atoms with Gasteiger partial charge < -0.3 is 15.0 Å². The smallest absolute Gasteiger partial charge is 0.337 e. The minimum absolute atomic E-state index is 0.451. The zero-order chi connectivity index (χ0) is 18.6. The molecule has 0 aliphatic rings. The lowest BCUT2D eigenvalue weighted by atomic mass is 10.1. The monoisotopic (exact) mass is 342 g/mol. The Morgan fingerprint density at radius 1 is 1.16 bits per heavy atom. The van der Waals surface area contributed by atoms with Crippen LogP contribution in [0.2, 0.25) is 0 Å². The molecule has 1 aromatic heterocycles. The van der Waals surface area contributed by atoms with Crippen LogP contribution in [0.4, 0.5) is 0 Å². The molecule has 0 fully saturated rings. The van der Waals surface area contributed by atoms with Crippen LogP contribution >= 0.6 is 0 Å². The van der Waals surface area contributed by atoms with Crippen molar-refractivity contribution in [2.75, 3.05) is 6.54 Å². The van der Waals surface area contributed by atoms with E-state index in [0.29, 0.717) is 18.7 Å². The van der Waals surface area contributed by atoms with Gasteiger partial charge in [-0.1, -0.05) is 37.1 Å². The van der Waals surface area contributed by atoms with Gasteiger partial charge in [0.05, 0.1) is 5.56 Å². The number of carbonyl (C=O) groups is 1. The Balaban J connectivity index is 2.38. The highest BCUT2D eigenvalue weighted by molar-refractivity contribution is 5.91. The molecule has 0 radical (unpaired) electrons. The molecule has 0 saturated carbocycles. The molecule has 1 aromatic carbocycles. The quantitative estimate of drug-likeness (QED) is 0.701. The number of carboxylic acid groups (broad SMARTS) is 1. The van der Waals surface area contributed by atoms with Crippen LogP contribution in [0.15, 0.2) is 18.2 Å². The number of nitrogens with zero attached hydrogens (tertiary/aromatic N) is 1. The lowest BCUT2D eigenvalue weighted by molar-refractivity contribution is 0.0694. The lowest BCUT2D eigenvalue weighted by Gasteiger charge is -2.13. The second-order valence-corrected chi connectivity index (χ2v) is 6.88. The molecule has 0 aliphatic carbocycles. The van der Waals surface area contributed by atoms with Crippen LogP contribution < -0.4 is 5.32 Å². The van der Waals surface area contributed by atoms with Crippen molar-refractivity contribution in [2.24, 2.45) is 0 Å². The average molecular weight is 342 g/mol. The number of unbranched alkanes of at least 4 members (excludes halogenated alkanes) is 1. The fraction of sp³-hybridized carbons (Fsp3) is 0.476. The van der Waals surface area contributed by atoms with Crippen LogP contribution in [-0.4, -0.2) is 22.2 Å². The van der Waals surface area contributed by atoms with Gasteiger partial charge in [0.2, 0.25) is 0 Å². The highest BCUT2D eigenvalue weighted by Gasteiger charge is 2.22. The van der Waals surface area contributed by atoms with Crippen molar-refractivity contribution in [3.8, 4) is 0 Å². The summed E-state index contributed by atoms with van der Waals surface area (Å²) >= 11 is 0. The predicted molar refractivity (Wildman–Crippen MR) is 102 cm³/mol.